The van der Waals surface area contributed by atoms with E-state index in [1.807, 2.05) is 6.92 Å². The van der Waals surface area contributed by atoms with Crippen LogP contribution in [0.25, 0.3) is 0 Å². The molecule has 2 fully saturated rings. The van der Waals surface area contributed by atoms with Gasteiger partial charge < -0.3 is 14.6 Å². The largest absolute Gasteiger partial charge is 0.469 e. The Morgan fingerprint density at radius 2 is 1.30 bits per heavy atom. The van der Waals surface area contributed by atoms with Crippen molar-refractivity contribution in [3.63, 3.8) is 0 Å². The number of hydrogen-bond donors (Lipinski definition) is 1. The molecule has 5 heteroatoms. The molecule has 4 unspecified atom stereocenters. The van der Waals surface area contributed by atoms with Crippen LogP contribution < -0.4 is 0 Å². The summed E-state index contributed by atoms with van der Waals surface area (Å²) in [6, 6.07) is 0. The Morgan fingerprint density at radius 1 is 0.867 bits per heavy atom. The molecule has 0 aliphatic heterocycles. The number of carbonyl (C=O) groups is 2. The summed E-state index contributed by atoms with van der Waals surface area (Å²) in [4.78, 5) is 22.7. The Bertz CT molecular complexity index is 540. The van der Waals surface area contributed by atoms with Crippen molar-refractivity contribution in [1.29, 1.82) is 0 Å². The van der Waals surface area contributed by atoms with E-state index in [-0.39, 0.29) is 30.4 Å². The second kappa shape index (κ2) is 16.1. The first-order valence-electron chi connectivity index (χ1n) is 11.2. The maximum atomic E-state index is 11.6. The van der Waals surface area contributed by atoms with Crippen molar-refractivity contribution in [2.75, 3.05) is 20.3 Å². The zero-order valence-corrected chi connectivity index (χ0v) is 19.9. The minimum absolute atomic E-state index is 0.0171. The van der Waals surface area contributed by atoms with Crippen molar-refractivity contribution < 1.29 is 24.2 Å². The fourth-order valence-electron chi connectivity index (χ4n) is 3.78. The summed E-state index contributed by atoms with van der Waals surface area (Å²) in [5.74, 6) is 1.65. The SMILES string of the molecule is C=C(C)CO.C=C(C)COC(=O)C1CCCC(C)C1.COC(=O)C1CCCC(C)C1. The van der Waals surface area contributed by atoms with E-state index >= 15 is 0 Å². The Kier molecular flexibility index (Phi) is 15.2. The highest BCUT2D eigenvalue weighted by molar-refractivity contribution is 5.72. The number of aliphatic hydroxyl groups is 1. The molecule has 0 heterocycles. The van der Waals surface area contributed by atoms with Gasteiger partial charge in [-0.15, -0.1) is 0 Å². The van der Waals surface area contributed by atoms with Crippen molar-refractivity contribution in [3.8, 4) is 0 Å². The number of carbonyl (C=O) groups excluding carboxylic acids is 2. The molecule has 4 atom stereocenters. The molecule has 30 heavy (non-hydrogen) atoms. The van der Waals surface area contributed by atoms with E-state index < -0.39 is 0 Å². The van der Waals surface area contributed by atoms with Crippen LogP contribution in [0.4, 0.5) is 0 Å². The highest BCUT2D eigenvalue weighted by Gasteiger charge is 2.26. The first-order valence-corrected chi connectivity index (χ1v) is 11.2. The first-order chi connectivity index (χ1) is 14.1. The molecule has 0 saturated heterocycles. The van der Waals surface area contributed by atoms with Gasteiger partial charge >= 0.3 is 11.9 Å². The molecular weight excluding hydrogens is 380 g/mol. The molecule has 2 aliphatic rings. The normalized spacial score (nSPS) is 25.4. The molecule has 0 spiro atoms. The summed E-state index contributed by atoms with van der Waals surface area (Å²) >= 11 is 0. The van der Waals surface area contributed by atoms with Crippen LogP contribution in [-0.2, 0) is 19.1 Å². The first kappa shape index (κ1) is 28.4. The summed E-state index contributed by atoms with van der Waals surface area (Å²) in [6.07, 6.45) is 8.91. The van der Waals surface area contributed by atoms with Gasteiger partial charge in [-0.2, -0.15) is 0 Å². The van der Waals surface area contributed by atoms with Crippen LogP contribution in [0.1, 0.15) is 79.1 Å². The molecule has 0 aromatic heterocycles. The van der Waals surface area contributed by atoms with Gasteiger partial charge in [0, 0.05) is 0 Å². The van der Waals surface area contributed by atoms with Gasteiger partial charge in [0.05, 0.1) is 25.6 Å². The molecule has 0 aromatic rings. The van der Waals surface area contributed by atoms with Crippen molar-refractivity contribution in [2.24, 2.45) is 23.7 Å². The molecule has 2 aliphatic carbocycles. The summed E-state index contributed by atoms with van der Waals surface area (Å²) in [7, 11) is 1.47. The molecule has 2 rings (SSSR count). The molecule has 0 radical (unpaired) electrons. The summed E-state index contributed by atoms with van der Waals surface area (Å²) in [5, 5.41) is 8.04. The standard InChI is InChI=1S/C12H20O2.C9H16O2.C4H8O/c1-9(2)8-14-12(13)11-6-4-5-10(3)7-11;1-7-4-3-5-8(6-7)9(10)11-2;1-4(2)3-5/h10-11H,1,4-8H2,2-3H3;7-8H,3-6H2,1-2H3;5H,1,3H2,2H3. The third kappa shape index (κ3) is 13.6. The lowest BCUT2D eigenvalue weighted by Gasteiger charge is -2.25. The van der Waals surface area contributed by atoms with Crippen LogP contribution in [0.15, 0.2) is 24.3 Å². The molecular formula is C25H44O5. The van der Waals surface area contributed by atoms with Crippen LogP contribution in [0.3, 0.4) is 0 Å². The maximum Gasteiger partial charge on any atom is 0.309 e. The second-order valence-corrected chi connectivity index (χ2v) is 9.14. The summed E-state index contributed by atoms with van der Waals surface area (Å²) in [5.41, 5.74) is 1.72. The third-order valence-corrected chi connectivity index (χ3v) is 5.47. The lowest BCUT2D eigenvalue weighted by molar-refractivity contribution is -0.149. The predicted molar refractivity (Wildman–Crippen MR) is 122 cm³/mol. The Morgan fingerprint density at radius 3 is 1.63 bits per heavy atom. The number of aliphatic hydroxyl groups excluding tert-OH is 1. The van der Waals surface area contributed by atoms with Gasteiger partial charge in [0.15, 0.2) is 0 Å². The van der Waals surface area contributed by atoms with Crippen molar-refractivity contribution >= 4 is 11.9 Å². The van der Waals surface area contributed by atoms with Gasteiger partial charge in [-0.3, -0.25) is 9.59 Å². The second-order valence-electron chi connectivity index (χ2n) is 9.14. The summed E-state index contributed by atoms with van der Waals surface area (Å²) in [6.45, 7) is 15.7. The predicted octanol–water partition coefficient (Wildman–Crippen LogP) is 5.47. The average molecular weight is 425 g/mol. The van der Waals surface area contributed by atoms with Gasteiger partial charge in [-0.1, -0.05) is 58.3 Å². The fourth-order valence-corrected chi connectivity index (χ4v) is 3.78. The third-order valence-electron chi connectivity index (χ3n) is 5.47. The maximum absolute atomic E-state index is 11.6. The number of methoxy groups -OCH3 is 1. The molecule has 0 aromatic carbocycles. The number of ether oxygens (including phenoxy) is 2. The summed E-state index contributed by atoms with van der Waals surface area (Å²) < 4.78 is 9.85. The van der Waals surface area contributed by atoms with E-state index in [1.165, 1.54) is 26.4 Å². The van der Waals surface area contributed by atoms with E-state index in [0.29, 0.717) is 18.4 Å². The van der Waals surface area contributed by atoms with E-state index in [4.69, 9.17) is 14.6 Å². The minimum Gasteiger partial charge on any atom is -0.469 e. The lowest BCUT2D eigenvalue weighted by Crippen LogP contribution is -2.24. The van der Waals surface area contributed by atoms with E-state index in [1.54, 1.807) is 6.92 Å². The highest BCUT2D eigenvalue weighted by atomic mass is 16.5. The molecule has 1 N–H and O–H groups in total. The monoisotopic (exact) mass is 424 g/mol. The lowest BCUT2D eigenvalue weighted by atomic mass is 9.82. The van der Waals surface area contributed by atoms with Crippen LogP contribution >= 0.6 is 0 Å². The van der Waals surface area contributed by atoms with Crippen molar-refractivity contribution in [1.82, 2.24) is 0 Å². The molecule has 174 valence electrons. The minimum atomic E-state index is -0.0282. The molecule has 0 bridgehead atoms. The van der Waals surface area contributed by atoms with Gasteiger partial charge in [0.2, 0.25) is 0 Å². The van der Waals surface area contributed by atoms with Crippen LogP contribution in [0.2, 0.25) is 0 Å². The zero-order valence-electron chi connectivity index (χ0n) is 19.9. The zero-order chi connectivity index (χ0) is 23.1. The van der Waals surface area contributed by atoms with Gasteiger partial charge in [0.1, 0.15) is 6.61 Å². The molecule has 0 amide bonds. The Balaban J connectivity index is 0.000000468. The topological polar surface area (TPSA) is 72.8 Å². The van der Waals surface area contributed by atoms with Gasteiger partial charge in [0.25, 0.3) is 0 Å². The average Bonchev–Trinajstić information content (AvgIpc) is 2.72. The van der Waals surface area contributed by atoms with Crippen LogP contribution in [-0.4, -0.2) is 37.4 Å². The Hall–Kier alpha value is -1.62. The van der Waals surface area contributed by atoms with E-state index in [2.05, 4.69) is 27.0 Å². The highest BCUT2D eigenvalue weighted by Crippen LogP contribution is 2.30. The van der Waals surface area contributed by atoms with E-state index in [0.717, 1.165) is 43.3 Å². The Labute approximate surface area is 183 Å². The van der Waals surface area contributed by atoms with Gasteiger partial charge in [-0.25, -0.2) is 0 Å². The molecule has 2 saturated carbocycles. The quantitative estimate of drug-likeness (QED) is 0.468. The van der Waals surface area contributed by atoms with Crippen molar-refractivity contribution in [3.05, 3.63) is 24.3 Å². The number of esters is 2. The van der Waals surface area contributed by atoms with Crippen LogP contribution in [0.5, 0.6) is 0 Å². The van der Waals surface area contributed by atoms with E-state index in [9.17, 15) is 9.59 Å². The smallest absolute Gasteiger partial charge is 0.309 e. The van der Waals surface area contributed by atoms with Crippen LogP contribution in [0, 0.1) is 23.7 Å². The number of hydrogen-bond acceptors (Lipinski definition) is 5. The molecule has 5 nitrogen and oxygen atoms in total. The van der Waals surface area contributed by atoms with Crippen molar-refractivity contribution in [2.45, 2.75) is 79.1 Å². The number of rotatable bonds is 5. The van der Waals surface area contributed by atoms with Gasteiger partial charge in [-0.05, 0) is 56.9 Å². The fraction of sp³-hybridized carbons (Fsp3) is 0.760.